The molecule has 3 heterocycles. The van der Waals surface area contributed by atoms with Crippen molar-refractivity contribution in [2.75, 3.05) is 0 Å². The van der Waals surface area contributed by atoms with Crippen molar-refractivity contribution in [1.82, 2.24) is 19.5 Å². The normalized spacial score (nSPS) is 11.6. The van der Waals surface area contributed by atoms with Crippen LogP contribution in [0.25, 0.3) is 94.7 Å². The molecule has 0 fully saturated rings. The van der Waals surface area contributed by atoms with Crippen molar-refractivity contribution in [2.24, 2.45) is 0 Å². The first-order chi connectivity index (χ1) is 27.7. The average molecular weight is 723 g/mol. The van der Waals surface area contributed by atoms with Gasteiger partial charge in [0.1, 0.15) is 66.1 Å². The van der Waals surface area contributed by atoms with Gasteiger partial charge in [-0.2, -0.15) is 0 Å². The third kappa shape index (κ3) is 5.38. The number of furan rings is 1. The van der Waals surface area contributed by atoms with Crippen molar-refractivity contribution in [3.63, 3.8) is 0 Å². The van der Waals surface area contributed by atoms with Crippen LogP contribution in [0, 0.1) is 0 Å². The van der Waals surface area contributed by atoms with E-state index in [1.807, 2.05) is 60.7 Å². The summed E-state index contributed by atoms with van der Waals surface area (Å²) in [5.74, 6) is 1.86. The summed E-state index contributed by atoms with van der Waals surface area (Å²) >= 11 is 0. The molecule has 0 amide bonds. The summed E-state index contributed by atoms with van der Waals surface area (Å²) < 4.78 is 9.31. The van der Waals surface area contributed by atoms with Gasteiger partial charge in [-0.25, -0.2) is 15.0 Å². The quantitative estimate of drug-likeness (QED) is 0.222. The minimum Gasteiger partial charge on any atom is -0.456 e. The topological polar surface area (TPSA) is 56.7 Å². The molecule has 0 N–H and O–H groups in total. The molecule has 0 spiro atoms. The van der Waals surface area contributed by atoms with E-state index in [0.29, 0.717) is 17.5 Å². The standard InChI is InChI=1S/C45H35B7N4O/c46-34-30(22-11-4-1-5-12-22)35(47)39(51)41-32(34)33-36(48)37(49)38(50)40(52)42(33)56(41)27-17-10-18-28-31(27)26-20-19-25(21-29(26)57-28)45-54-43(23-13-6-2-7-14-23)53-44(55-45)24-15-8-3-9-16-24/h1-21H,46-52H2. The number of aromatic nitrogens is 4. The largest absolute Gasteiger partial charge is 0.456 e. The van der Waals surface area contributed by atoms with E-state index in [-0.39, 0.29) is 0 Å². The van der Waals surface area contributed by atoms with E-state index in [9.17, 15) is 0 Å². The number of fused-ring (bicyclic) bond motifs is 6. The summed E-state index contributed by atoms with van der Waals surface area (Å²) in [6.07, 6.45) is 0. The molecule has 262 valence electrons. The minimum absolute atomic E-state index is 0.598. The second-order valence-corrected chi connectivity index (χ2v) is 15.4. The molecule has 0 saturated carbocycles. The fourth-order valence-electron chi connectivity index (χ4n) is 9.06. The van der Waals surface area contributed by atoms with Crippen LogP contribution in [0.4, 0.5) is 0 Å². The third-order valence-corrected chi connectivity index (χ3v) is 12.4. The third-order valence-electron chi connectivity index (χ3n) is 12.4. The highest BCUT2D eigenvalue weighted by molar-refractivity contribution is 6.69. The van der Waals surface area contributed by atoms with Crippen LogP contribution in [-0.4, -0.2) is 74.4 Å². The number of hydrogen-bond donors (Lipinski definition) is 0. The molecule has 10 aromatic rings. The molecule has 0 bridgehead atoms. The van der Waals surface area contributed by atoms with Crippen molar-refractivity contribution in [3.05, 3.63) is 127 Å². The number of hydrogen-bond acceptors (Lipinski definition) is 4. The van der Waals surface area contributed by atoms with Gasteiger partial charge in [0, 0.05) is 38.5 Å². The van der Waals surface area contributed by atoms with Gasteiger partial charge < -0.3 is 8.98 Å². The SMILES string of the molecule is Bc1c(B)c(B)c2c(c1B)c1c(B)c(-c3ccccc3)c(B)c(B)c1n2-c1cccc2oc3cc(-c4nc(-c5ccccc5)nc(-c5ccccc5)n4)ccc3c12. The molecule has 3 aromatic heterocycles. The zero-order valence-corrected chi connectivity index (χ0v) is 33.3. The first-order valence-electron chi connectivity index (χ1n) is 19.6. The van der Waals surface area contributed by atoms with E-state index >= 15 is 0 Å². The Labute approximate surface area is 337 Å². The van der Waals surface area contributed by atoms with Crippen LogP contribution in [0.3, 0.4) is 0 Å². The molecule has 0 aliphatic rings. The Kier molecular flexibility index (Phi) is 8.22. The minimum atomic E-state index is 0.598. The smallest absolute Gasteiger partial charge is 0.164 e. The van der Waals surface area contributed by atoms with Crippen molar-refractivity contribution < 1.29 is 4.42 Å². The van der Waals surface area contributed by atoms with E-state index in [4.69, 9.17) is 19.4 Å². The molecule has 10 rings (SSSR count). The van der Waals surface area contributed by atoms with E-state index in [0.717, 1.165) is 44.3 Å². The summed E-state index contributed by atoms with van der Waals surface area (Å²) in [4.78, 5) is 14.9. The Balaban J connectivity index is 1.25. The highest BCUT2D eigenvalue weighted by Crippen LogP contribution is 2.39. The number of nitrogens with zero attached hydrogens (tertiary/aromatic N) is 4. The zero-order chi connectivity index (χ0) is 39.1. The van der Waals surface area contributed by atoms with Gasteiger partial charge in [-0.3, -0.25) is 0 Å². The van der Waals surface area contributed by atoms with Crippen LogP contribution in [-0.2, 0) is 0 Å². The van der Waals surface area contributed by atoms with E-state index < -0.39 is 0 Å². The van der Waals surface area contributed by atoms with Gasteiger partial charge in [-0.1, -0.05) is 136 Å². The predicted octanol–water partition coefficient (Wildman–Crippen LogP) is -0.655. The van der Waals surface area contributed by atoms with Crippen LogP contribution in [0.15, 0.2) is 132 Å². The van der Waals surface area contributed by atoms with Crippen LogP contribution < -0.4 is 38.2 Å². The Morgan fingerprint density at radius 3 is 1.49 bits per heavy atom. The lowest BCUT2D eigenvalue weighted by Gasteiger charge is -2.19. The molecule has 7 aromatic carbocycles. The van der Waals surface area contributed by atoms with Gasteiger partial charge in [0.2, 0.25) is 0 Å². The molecule has 5 nitrogen and oxygen atoms in total. The molecule has 0 saturated heterocycles. The summed E-state index contributed by atoms with van der Waals surface area (Å²) in [7, 11) is 16.0. The molecule has 57 heavy (non-hydrogen) atoms. The first kappa shape index (κ1) is 35.0. The first-order valence-corrected chi connectivity index (χ1v) is 19.6. The highest BCUT2D eigenvalue weighted by atomic mass is 16.3. The van der Waals surface area contributed by atoms with Gasteiger partial charge in [0.15, 0.2) is 17.5 Å². The summed E-state index contributed by atoms with van der Waals surface area (Å²) in [6.45, 7) is 0. The van der Waals surface area contributed by atoms with E-state index in [2.05, 4.69) is 126 Å². The Hall–Kier alpha value is -6.40. The Morgan fingerprint density at radius 2 is 0.895 bits per heavy atom. The zero-order valence-electron chi connectivity index (χ0n) is 33.3. The molecule has 0 aliphatic heterocycles. The molecule has 0 atom stereocenters. The molecule has 0 unspecified atom stereocenters. The maximum atomic E-state index is 6.77. The molecular formula is C45H35B7N4O. The molecule has 0 radical (unpaired) electrons. The van der Waals surface area contributed by atoms with Gasteiger partial charge >= 0.3 is 0 Å². The van der Waals surface area contributed by atoms with Crippen LogP contribution in [0.2, 0.25) is 0 Å². The number of rotatable bonds is 5. The summed E-state index contributed by atoms with van der Waals surface area (Å²) in [6, 6.07) is 43.9. The average Bonchev–Trinajstić information content (AvgIpc) is 3.82. The van der Waals surface area contributed by atoms with Crippen molar-refractivity contribution in [3.8, 4) is 51.0 Å². The van der Waals surface area contributed by atoms with Crippen LogP contribution in [0.1, 0.15) is 0 Å². The molecule has 0 aliphatic carbocycles. The highest BCUT2D eigenvalue weighted by Gasteiger charge is 2.26. The Morgan fingerprint density at radius 1 is 0.386 bits per heavy atom. The monoisotopic (exact) mass is 724 g/mol. The van der Waals surface area contributed by atoms with Crippen molar-refractivity contribution in [1.29, 1.82) is 0 Å². The van der Waals surface area contributed by atoms with Crippen molar-refractivity contribution >= 4 is 137 Å². The lowest BCUT2D eigenvalue weighted by Crippen LogP contribution is -2.48. The fraction of sp³-hybridized carbons (Fsp3) is 0. The maximum Gasteiger partial charge on any atom is 0.164 e. The van der Waals surface area contributed by atoms with Gasteiger partial charge in [-0.05, 0) is 40.8 Å². The fourth-order valence-corrected chi connectivity index (χ4v) is 9.06. The summed E-state index contributed by atoms with van der Waals surface area (Å²) in [5.41, 5.74) is 19.7. The lowest BCUT2D eigenvalue weighted by atomic mass is 9.64. The molecular weight excluding hydrogens is 688 g/mol. The lowest BCUT2D eigenvalue weighted by molar-refractivity contribution is 0.669. The molecule has 12 heteroatoms. The summed E-state index contributed by atoms with van der Waals surface area (Å²) in [5, 5.41) is 4.78. The van der Waals surface area contributed by atoms with Gasteiger partial charge in [0.25, 0.3) is 0 Å². The number of benzene rings is 7. The second kappa shape index (κ2) is 13.4. The van der Waals surface area contributed by atoms with E-state index in [1.54, 1.807) is 0 Å². The predicted molar refractivity (Wildman–Crippen MR) is 260 cm³/mol. The van der Waals surface area contributed by atoms with Crippen molar-refractivity contribution in [2.45, 2.75) is 0 Å². The Bertz CT molecular complexity index is 3200. The van der Waals surface area contributed by atoms with Crippen LogP contribution in [0.5, 0.6) is 0 Å². The van der Waals surface area contributed by atoms with Crippen LogP contribution >= 0.6 is 0 Å². The van der Waals surface area contributed by atoms with Gasteiger partial charge in [-0.15, -0.1) is 5.46 Å². The second-order valence-electron chi connectivity index (χ2n) is 15.4. The maximum absolute atomic E-state index is 6.77. The van der Waals surface area contributed by atoms with E-state index in [1.165, 1.54) is 71.2 Å². The van der Waals surface area contributed by atoms with Gasteiger partial charge in [0.05, 0.1) is 11.1 Å².